The van der Waals surface area contributed by atoms with Crippen molar-refractivity contribution >= 4 is 16.7 Å². The van der Waals surface area contributed by atoms with Gasteiger partial charge in [0.25, 0.3) is 0 Å². The Morgan fingerprint density at radius 2 is 1.80 bits per heavy atom. The number of hydrogen-bond donors (Lipinski definition) is 2. The van der Waals surface area contributed by atoms with E-state index < -0.39 is 17.1 Å². The number of fused-ring (bicyclic) bond motifs is 1. The highest BCUT2D eigenvalue weighted by Crippen LogP contribution is 2.39. The summed E-state index contributed by atoms with van der Waals surface area (Å²) in [6, 6.07) is 9.24. The molecule has 0 aliphatic carbocycles. The van der Waals surface area contributed by atoms with Crippen LogP contribution >= 0.6 is 0 Å². The van der Waals surface area contributed by atoms with Crippen molar-refractivity contribution in [2.75, 3.05) is 32.8 Å². The second kappa shape index (κ2) is 10.4. The highest BCUT2D eigenvalue weighted by Gasteiger charge is 2.47. The fourth-order valence-electron chi connectivity index (χ4n) is 3.47. The van der Waals surface area contributed by atoms with E-state index in [1.165, 1.54) is 19.2 Å². The van der Waals surface area contributed by atoms with Crippen LogP contribution in [0.3, 0.4) is 0 Å². The molecule has 35 heavy (non-hydrogen) atoms. The smallest absolute Gasteiger partial charge is 0.300 e. The van der Waals surface area contributed by atoms with Gasteiger partial charge < -0.3 is 24.6 Å². The molecule has 2 N–H and O–H groups in total. The third-order valence-corrected chi connectivity index (χ3v) is 5.35. The van der Waals surface area contributed by atoms with Crippen molar-refractivity contribution in [3.05, 3.63) is 52.8 Å². The Bertz CT molecular complexity index is 1250. The fourth-order valence-corrected chi connectivity index (χ4v) is 3.47. The van der Waals surface area contributed by atoms with E-state index in [2.05, 4.69) is 15.3 Å². The largest absolute Gasteiger partial charge is 0.493 e. The SMILES string of the molecule is COCCOc1cc2c(NCc3cc(C#N)cc(C(F)(F)C(C)(C)O)c3)nc(C)nc2cc1OC. The number of alkyl halides is 2. The van der Waals surface area contributed by atoms with Crippen LogP contribution < -0.4 is 14.8 Å². The van der Waals surface area contributed by atoms with Crippen LogP contribution in [0.1, 0.15) is 36.4 Å². The minimum atomic E-state index is -3.56. The predicted molar refractivity (Wildman–Crippen MR) is 127 cm³/mol. The van der Waals surface area contributed by atoms with Gasteiger partial charge in [-0.05, 0) is 50.6 Å². The lowest BCUT2D eigenvalue weighted by molar-refractivity contribution is -0.168. The zero-order valence-electron chi connectivity index (χ0n) is 20.3. The van der Waals surface area contributed by atoms with Crippen molar-refractivity contribution < 1.29 is 28.1 Å². The molecule has 0 spiro atoms. The standard InChI is InChI=1S/C25H28F2N4O4/c1-15-30-20-12-21(34-5)22(35-7-6-33-4)11-19(20)23(31-15)29-14-17-8-16(13-28)9-18(10-17)25(26,27)24(2,3)32/h8-12,32H,6-7,14H2,1-5H3,(H,29,30,31). The van der Waals surface area contributed by atoms with Gasteiger partial charge in [0.1, 0.15) is 23.9 Å². The summed E-state index contributed by atoms with van der Waals surface area (Å²) in [6.07, 6.45) is 0. The molecule has 0 amide bonds. The van der Waals surface area contributed by atoms with Crippen molar-refractivity contribution in [1.29, 1.82) is 5.26 Å². The fraction of sp³-hybridized carbons (Fsp3) is 0.400. The number of ether oxygens (including phenoxy) is 3. The average Bonchev–Trinajstić information content (AvgIpc) is 2.81. The first-order valence-corrected chi connectivity index (χ1v) is 10.9. The monoisotopic (exact) mass is 486 g/mol. The first-order chi connectivity index (χ1) is 16.5. The quantitative estimate of drug-likeness (QED) is 0.408. The minimum absolute atomic E-state index is 0.0607. The van der Waals surface area contributed by atoms with E-state index in [4.69, 9.17) is 14.2 Å². The molecule has 2 aromatic carbocycles. The van der Waals surface area contributed by atoms with E-state index in [0.29, 0.717) is 52.8 Å². The molecule has 0 atom stereocenters. The number of rotatable bonds is 10. The number of halogens is 2. The van der Waals surface area contributed by atoms with Gasteiger partial charge >= 0.3 is 5.92 Å². The molecule has 3 aromatic rings. The summed E-state index contributed by atoms with van der Waals surface area (Å²) in [6.45, 7) is 4.59. The van der Waals surface area contributed by atoms with Crippen molar-refractivity contribution in [3.8, 4) is 17.6 Å². The van der Waals surface area contributed by atoms with Gasteiger partial charge in [-0.3, -0.25) is 0 Å². The lowest BCUT2D eigenvalue weighted by Gasteiger charge is -2.29. The third-order valence-electron chi connectivity index (χ3n) is 5.35. The maximum Gasteiger partial charge on any atom is 0.300 e. The zero-order chi connectivity index (χ0) is 25.8. The molecule has 1 heterocycles. The molecule has 0 unspecified atom stereocenters. The van der Waals surface area contributed by atoms with E-state index in [-0.39, 0.29) is 12.1 Å². The van der Waals surface area contributed by atoms with E-state index in [0.717, 1.165) is 19.9 Å². The molecule has 10 heteroatoms. The van der Waals surface area contributed by atoms with Crippen LogP contribution in [0, 0.1) is 18.3 Å². The number of nitriles is 1. The number of aryl methyl sites for hydroxylation is 1. The van der Waals surface area contributed by atoms with Gasteiger partial charge in [0.15, 0.2) is 11.5 Å². The second-order valence-electron chi connectivity index (χ2n) is 8.50. The van der Waals surface area contributed by atoms with E-state index in [1.807, 2.05) is 6.07 Å². The van der Waals surface area contributed by atoms with E-state index in [1.54, 1.807) is 26.2 Å². The Hall–Kier alpha value is -3.55. The van der Waals surface area contributed by atoms with Gasteiger partial charge in [-0.2, -0.15) is 14.0 Å². The van der Waals surface area contributed by atoms with Gasteiger partial charge in [0.2, 0.25) is 0 Å². The maximum atomic E-state index is 14.8. The molecule has 0 fully saturated rings. The molecule has 3 rings (SSSR count). The molecule has 1 aromatic heterocycles. The number of nitrogens with zero attached hydrogens (tertiary/aromatic N) is 3. The maximum absolute atomic E-state index is 14.8. The minimum Gasteiger partial charge on any atom is -0.493 e. The van der Waals surface area contributed by atoms with Crippen molar-refractivity contribution in [1.82, 2.24) is 9.97 Å². The van der Waals surface area contributed by atoms with Gasteiger partial charge in [0, 0.05) is 30.7 Å². The van der Waals surface area contributed by atoms with Gasteiger partial charge in [-0.1, -0.05) is 0 Å². The number of aliphatic hydroxyl groups is 1. The Balaban J connectivity index is 1.98. The second-order valence-corrected chi connectivity index (χ2v) is 8.50. The van der Waals surface area contributed by atoms with Crippen LogP contribution in [0.4, 0.5) is 14.6 Å². The third kappa shape index (κ3) is 5.75. The van der Waals surface area contributed by atoms with Crippen LogP contribution in [0.5, 0.6) is 11.5 Å². The Morgan fingerprint density at radius 3 is 2.43 bits per heavy atom. The molecule has 0 saturated heterocycles. The Kier molecular flexibility index (Phi) is 7.73. The number of hydrogen-bond acceptors (Lipinski definition) is 8. The summed E-state index contributed by atoms with van der Waals surface area (Å²) in [5.41, 5.74) is -1.65. The molecule has 186 valence electrons. The molecule has 0 radical (unpaired) electrons. The molecule has 0 aliphatic rings. The summed E-state index contributed by atoms with van der Waals surface area (Å²) >= 11 is 0. The number of anilines is 1. The number of benzene rings is 2. The van der Waals surface area contributed by atoms with E-state index in [9.17, 15) is 19.1 Å². The first kappa shape index (κ1) is 26.1. The van der Waals surface area contributed by atoms with Gasteiger partial charge in [-0.25, -0.2) is 9.97 Å². The normalized spacial score (nSPS) is 11.9. The summed E-state index contributed by atoms with van der Waals surface area (Å²) in [4.78, 5) is 8.92. The molecular formula is C25H28F2N4O4. The van der Waals surface area contributed by atoms with Crippen molar-refractivity contribution in [3.63, 3.8) is 0 Å². The summed E-state index contributed by atoms with van der Waals surface area (Å²) in [5.74, 6) is -1.62. The van der Waals surface area contributed by atoms with Gasteiger partial charge in [0.05, 0.1) is 30.9 Å². The molecular weight excluding hydrogens is 458 g/mol. The molecule has 0 bridgehead atoms. The molecule has 0 saturated carbocycles. The van der Waals surface area contributed by atoms with Crippen LogP contribution in [0.2, 0.25) is 0 Å². The lowest BCUT2D eigenvalue weighted by atomic mass is 9.91. The highest BCUT2D eigenvalue weighted by atomic mass is 19.3. The predicted octanol–water partition coefficient (Wildman–Crippen LogP) is 4.32. The lowest BCUT2D eigenvalue weighted by Crippen LogP contribution is -2.40. The van der Waals surface area contributed by atoms with Crippen molar-refractivity contribution in [2.45, 2.75) is 38.8 Å². The van der Waals surface area contributed by atoms with E-state index >= 15 is 0 Å². The topological polar surface area (TPSA) is 110 Å². The van der Waals surface area contributed by atoms with Crippen LogP contribution in [-0.2, 0) is 17.2 Å². The van der Waals surface area contributed by atoms with Crippen molar-refractivity contribution in [2.24, 2.45) is 0 Å². The van der Waals surface area contributed by atoms with Gasteiger partial charge in [-0.15, -0.1) is 0 Å². The van der Waals surface area contributed by atoms with Crippen LogP contribution in [0.15, 0.2) is 30.3 Å². The molecule has 0 aliphatic heterocycles. The van der Waals surface area contributed by atoms with Crippen LogP contribution in [-0.4, -0.2) is 48.1 Å². The summed E-state index contributed by atoms with van der Waals surface area (Å²) in [7, 11) is 3.10. The number of nitrogens with one attached hydrogen (secondary N) is 1. The molecule has 8 nitrogen and oxygen atoms in total. The summed E-state index contributed by atoms with van der Waals surface area (Å²) in [5, 5.41) is 23.1. The number of aromatic nitrogens is 2. The zero-order valence-corrected chi connectivity index (χ0v) is 20.3. The average molecular weight is 487 g/mol. The Morgan fingerprint density at radius 1 is 1.06 bits per heavy atom. The summed E-state index contributed by atoms with van der Waals surface area (Å²) < 4.78 is 45.8. The highest BCUT2D eigenvalue weighted by molar-refractivity contribution is 5.91. The number of methoxy groups -OCH3 is 2. The van der Waals surface area contributed by atoms with Crippen LogP contribution in [0.25, 0.3) is 10.9 Å². The first-order valence-electron chi connectivity index (χ1n) is 10.9. The Labute approximate surface area is 202 Å².